The van der Waals surface area contributed by atoms with E-state index in [0.717, 1.165) is 21.7 Å². The summed E-state index contributed by atoms with van der Waals surface area (Å²) in [5, 5.41) is 5.50. The smallest absolute Gasteiger partial charge is 0.249 e. The topological polar surface area (TPSA) is 29.1 Å². The zero-order valence-corrected chi connectivity index (χ0v) is 12.6. The van der Waals surface area contributed by atoms with Gasteiger partial charge in [0.15, 0.2) is 0 Å². The van der Waals surface area contributed by atoms with Crippen LogP contribution in [-0.4, -0.2) is 5.91 Å². The summed E-state index contributed by atoms with van der Waals surface area (Å²) in [6.45, 7) is 0. The fourth-order valence-electron chi connectivity index (χ4n) is 2.03. The highest BCUT2D eigenvalue weighted by Crippen LogP contribution is 2.30. The van der Waals surface area contributed by atoms with Crippen LogP contribution >= 0.6 is 23.4 Å². The molecular weight excluding hydrogens is 302 g/mol. The zero-order valence-electron chi connectivity index (χ0n) is 11.0. The number of amides is 1. The predicted octanol–water partition coefficient (Wildman–Crippen LogP) is 4.49. The number of allylic oxidation sites excluding steroid dienone is 1. The van der Waals surface area contributed by atoms with Gasteiger partial charge in [-0.1, -0.05) is 53.7 Å². The highest BCUT2D eigenvalue weighted by Gasteiger charge is 2.18. The summed E-state index contributed by atoms with van der Waals surface area (Å²) in [5.74, 6) is -0.0974. The Labute approximate surface area is 132 Å². The molecule has 2 aromatic rings. The van der Waals surface area contributed by atoms with Crippen LogP contribution in [0.2, 0.25) is 5.02 Å². The molecule has 0 atom stereocenters. The van der Waals surface area contributed by atoms with E-state index in [1.54, 1.807) is 17.8 Å². The molecule has 0 unspecified atom stereocenters. The van der Waals surface area contributed by atoms with E-state index in [1.165, 1.54) is 0 Å². The van der Waals surface area contributed by atoms with Crippen molar-refractivity contribution < 1.29 is 4.79 Å². The van der Waals surface area contributed by atoms with Crippen molar-refractivity contribution in [3.05, 3.63) is 82.4 Å². The van der Waals surface area contributed by atoms with Gasteiger partial charge >= 0.3 is 0 Å². The lowest BCUT2D eigenvalue weighted by Gasteiger charge is -2.06. The molecule has 0 radical (unpaired) electrons. The lowest BCUT2D eigenvalue weighted by Crippen LogP contribution is -2.13. The summed E-state index contributed by atoms with van der Waals surface area (Å²) < 4.78 is 0. The quantitative estimate of drug-likeness (QED) is 0.846. The summed E-state index contributed by atoms with van der Waals surface area (Å²) in [5.41, 5.74) is 2.67. The maximum absolute atomic E-state index is 11.7. The zero-order chi connectivity index (χ0) is 14.7. The van der Waals surface area contributed by atoms with Crippen LogP contribution in [0, 0.1) is 0 Å². The van der Waals surface area contributed by atoms with E-state index in [9.17, 15) is 4.79 Å². The van der Waals surface area contributed by atoms with Gasteiger partial charge in [0.1, 0.15) is 0 Å². The minimum Gasteiger partial charge on any atom is -0.321 e. The molecule has 0 bridgehead atoms. The molecule has 104 valence electrons. The van der Waals surface area contributed by atoms with Crippen LogP contribution < -0.4 is 5.32 Å². The van der Waals surface area contributed by atoms with Crippen molar-refractivity contribution in [1.82, 2.24) is 5.32 Å². The first-order valence-electron chi connectivity index (χ1n) is 6.43. The lowest BCUT2D eigenvalue weighted by molar-refractivity contribution is -0.115. The number of thioether (sulfide) groups is 1. The van der Waals surface area contributed by atoms with Crippen LogP contribution in [0.25, 0.3) is 5.57 Å². The molecule has 21 heavy (non-hydrogen) atoms. The Hall–Kier alpha value is -1.97. The van der Waals surface area contributed by atoms with Crippen molar-refractivity contribution in [2.75, 3.05) is 0 Å². The van der Waals surface area contributed by atoms with E-state index in [0.29, 0.717) is 5.02 Å². The van der Waals surface area contributed by atoms with Gasteiger partial charge in [-0.2, -0.15) is 0 Å². The molecule has 0 aliphatic carbocycles. The third-order valence-corrected chi connectivity index (χ3v) is 4.18. The second-order valence-corrected chi connectivity index (χ2v) is 5.90. The Kier molecular flexibility index (Phi) is 4.13. The van der Waals surface area contributed by atoms with Crippen molar-refractivity contribution in [3.63, 3.8) is 0 Å². The van der Waals surface area contributed by atoms with Gasteiger partial charge in [-0.25, -0.2) is 0 Å². The molecule has 1 aliphatic heterocycles. The minimum atomic E-state index is -0.0974. The Balaban J connectivity index is 1.86. The fourth-order valence-corrected chi connectivity index (χ4v) is 2.91. The maximum atomic E-state index is 11.7. The summed E-state index contributed by atoms with van der Waals surface area (Å²) in [4.78, 5) is 12.8. The predicted molar refractivity (Wildman–Crippen MR) is 88.0 cm³/mol. The number of hydrogen-bond donors (Lipinski definition) is 1. The van der Waals surface area contributed by atoms with Crippen molar-refractivity contribution in [3.8, 4) is 0 Å². The molecular formula is C17H12ClNOS. The van der Waals surface area contributed by atoms with Gasteiger partial charge in [-0.05, 0) is 29.8 Å². The standard InChI is InChI=1S/C17H12ClNOS/c18-13-8-6-12(7-9-13)15-10-17(20)19-16(15)11-21-14-4-2-1-3-5-14/h1-11H,(H,19,20)/b16-11-. The third-order valence-electron chi connectivity index (χ3n) is 3.03. The second-order valence-electron chi connectivity index (χ2n) is 4.52. The highest BCUT2D eigenvalue weighted by molar-refractivity contribution is 8.02. The molecule has 0 fully saturated rings. The van der Waals surface area contributed by atoms with Crippen LogP contribution in [0.5, 0.6) is 0 Å². The molecule has 1 N–H and O–H groups in total. The van der Waals surface area contributed by atoms with Crippen LogP contribution in [0.4, 0.5) is 0 Å². The molecule has 0 spiro atoms. The van der Waals surface area contributed by atoms with Crippen molar-refractivity contribution in [2.24, 2.45) is 0 Å². The van der Waals surface area contributed by atoms with Gasteiger partial charge in [0.05, 0.1) is 5.70 Å². The molecule has 1 heterocycles. The molecule has 2 aromatic carbocycles. The number of carbonyl (C=O) groups is 1. The Morgan fingerprint density at radius 3 is 2.43 bits per heavy atom. The van der Waals surface area contributed by atoms with Gasteiger partial charge in [0, 0.05) is 27.0 Å². The second kappa shape index (κ2) is 6.20. The SMILES string of the molecule is O=C1C=C(c2ccc(Cl)cc2)/C(=C/Sc2ccccc2)N1. The Morgan fingerprint density at radius 2 is 1.71 bits per heavy atom. The van der Waals surface area contributed by atoms with Gasteiger partial charge < -0.3 is 5.32 Å². The number of carbonyl (C=O) groups excluding carboxylic acids is 1. The van der Waals surface area contributed by atoms with E-state index < -0.39 is 0 Å². The Morgan fingerprint density at radius 1 is 1.00 bits per heavy atom. The lowest BCUT2D eigenvalue weighted by atomic mass is 10.1. The van der Waals surface area contributed by atoms with Crippen molar-refractivity contribution in [2.45, 2.75) is 4.90 Å². The molecule has 1 aliphatic rings. The summed E-state index contributed by atoms with van der Waals surface area (Å²) in [7, 11) is 0. The fraction of sp³-hybridized carbons (Fsp3) is 0. The molecule has 0 aromatic heterocycles. The van der Waals surface area contributed by atoms with E-state index >= 15 is 0 Å². The molecule has 1 amide bonds. The minimum absolute atomic E-state index is 0.0974. The number of rotatable bonds is 3. The van der Waals surface area contributed by atoms with Crippen LogP contribution in [0.15, 0.2) is 76.7 Å². The first-order chi connectivity index (χ1) is 10.2. The van der Waals surface area contributed by atoms with Gasteiger partial charge in [-0.3, -0.25) is 4.79 Å². The average Bonchev–Trinajstić information content (AvgIpc) is 2.88. The monoisotopic (exact) mass is 313 g/mol. The first-order valence-corrected chi connectivity index (χ1v) is 7.69. The summed E-state index contributed by atoms with van der Waals surface area (Å²) >= 11 is 7.48. The van der Waals surface area contributed by atoms with Crippen molar-refractivity contribution in [1.29, 1.82) is 0 Å². The molecule has 0 saturated heterocycles. The van der Waals surface area contributed by atoms with E-state index in [4.69, 9.17) is 11.6 Å². The number of nitrogens with one attached hydrogen (secondary N) is 1. The number of hydrogen-bond acceptors (Lipinski definition) is 2. The van der Waals surface area contributed by atoms with Crippen LogP contribution in [-0.2, 0) is 4.79 Å². The third kappa shape index (κ3) is 3.38. The molecule has 2 nitrogen and oxygen atoms in total. The molecule has 0 saturated carbocycles. The molecule has 3 rings (SSSR count). The van der Waals surface area contributed by atoms with E-state index in [2.05, 4.69) is 5.32 Å². The summed E-state index contributed by atoms with van der Waals surface area (Å²) in [6, 6.07) is 17.5. The largest absolute Gasteiger partial charge is 0.321 e. The average molecular weight is 314 g/mol. The van der Waals surface area contributed by atoms with Crippen LogP contribution in [0.1, 0.15) is 5.56 Å². The van der Waals surface area contributed by atoms with Gasteiger partial charge in [-0.15, -0.1) is 0 Å². The van der Waals surface area contributed by atoms with E-state index in [-0.39, 0.29) is 5.91 Å². The molecule has 4 heteroatoms. The van der Waals surface area contributed by atoms with E-state index in [1.807, 2.05) is 60.0 Å². The van der Waals surface area contributed by atoms with Crippen molar-refractivity contribution >= 4 is 34.8 Å². The normalized spacial score (nSPS) is 16.0. The highest BCUT2D eigenvalue weighted by atomic mass is 35.5. The number of halogens is 1. The number of benzene rings is 2. The van der Waals surface area contributed by atoms with Crippen LogP contribution in [0.3, 0.4) is 0 Å². The van der Waals surface area contributed by atoms with Gasteiger partial charge in [0.2, 0.25) is 5.91 Å². The van der Waals surface area contributed by atoms with Gasteiger partial charge in [0.25, 0.3) is 0 Å². The summed E-state index contributed by atoms with van der Waals surface area (Å²) in [6.07, 6.45) is 1.61. The Bertz CT molecular complexity index is 720. The maximum Gasteiger partial charge on any atom is 0.249 e. The first kappa shape index (κ1) is 14.0.